The van der Waals surface area contributed by atoms with Crippen molar-refractivity contribution >= 4 is 27.2 Å². The molecule has 0 fully saturated rings. The number of sulfonamides is 1. The fourth-order valence-electron chi connectivity index (χ4n) is 1.30. The molecule has 6 nitrogen and oxygen atoms in total. The first kappa shape index (κ1) is 16.0. The summed E-state index contributed by atoms with van der Waals surface area (Å²) in [6.45, 7) is 3.87. The molecule has 0 atom stereocenters. The van der Waals surface area contributed by atoms with E-state index in [4.69, 9.17) is 18.0 Å². The van der Waals surface area contributed by atoms with Gasteiger partial charge in [0, 0.05) is 19.3 Å². The van der Waals surface area contributed by atoms with Gasteiger partial charge in [-0.15, -0.1) is 0 Å². The van der Waals surface area contributed by atoms with E-state index in [1.54, 1.807) is 0 Å². The first-order valence-electron chi connectivity index (χ1n) is 5.81. The number of rotatable bonds is 7. The van der Waals surface area contributed by atoms with Crippen LogP contribution in [0, 0.1) is 0 Å². The van der Waals surface area contributed by atoms with E-state index in [1.807, 2.05) is 18.9 Å². The van der Waals surface area contributed by atoms with E-state index in [0.717, 1.165) is 6.54 Å². The molecule has 0 saturated heterocycles. The molecule has 1 aromatic heterocycles. The van der Waals surface area contributed by atoms with Gasteiger partial charge in [0.05, 0.1) is 5.69 Å². The summed E-state index contributed by atoms with van der Waals surface area (Å²) in [6, 6.07) is 2.93. The van der Waals surface area contributed by atoms with Crippen molar-refractivity contribution in [2.75, 3.05) is 26.7 Å². The number of pyridine rings is 1. The smallest absolute Gasteiger partial charge is 0.242 e. The van der Waals surface area contributed by atoms with E-state index in [2.05, 4.69) is 9.71 Å². The van der Waals surface area contributed by atoms with Crippen LogP contribution in [-0.4, -0.2) is 50.0 Å². The molecule has 1 heterocycles. The molecule has 0 saturated carbocycles. The molecule has 1 aromatic rings. The fraction of sp³-hybridized carbons (Fsp3) is 0.455. The molecular weight excluding hydrogens is 284 g/mol. The third kappa shape index (κ3) is 4.83. The second-order valence-electron chi connectivity index (χ2n) is 4.04. The summed E-state index contributed by atoms with van der Waals surface area (Å²) in [5.74, 6) is 0. The number of thiocarbonyl (C=S) groups is 1. The van der Waals surface area contributed by atoms with Gasteiger partial charge >= 0.3 is 0 Å². The number of hydrogen-bond acceptors (Lipinski definition) is 5. The van der Waals surface area contributed by atoms with Gasteiger partial charge in [0.2, 0.25) is 10.0 Å². The maximum atomic E-state index is 11.9. The van der Waals surface area contributed by atoms with Gasteiger partial charge in [-0.25, -0.2) is 13.1 Å². The van der Waals surface area contributed by atoms with Crippen molar-refractivity contribution < 1.29 is 8.42 Å². The average molecular weight is 302 g/mol. The van der Waals surface area contributed by atoms with E-state index >= 15 is 0 Å². The van der Waals surface area contributed by atoms with Gasteiger partial charge in [0.15, 0.2) is 0 Å². The van der Waals surface area contributed by atoms with E-state index in [9.17, 15) is 8.42 Å². The Morgan fingerprint density at radius 3 is 2.68 bits per heavy atom. The maximum Gasteiger partial charge on any atom is 0.242 e. The highest BCUT2D eigenvalue weighted by Gasteiger charge is 2.14. The van der Waals surface area contributed by atoms with Gasteiger partial charge in [-0.1, -0.05) is 19.1 Å². The molecule has 19 heavy (non-hydrogen) atoms. The van der Waals surface area contributed by atoms with Gasteiger partial charge in [0.25, 0.3) is 0 Å². The SMILES string of the molecule is CCN(C)CCNS(=O)(=O)c1ccc(C(N)=S)nc1. The van der Waals surface area contributed by atoms with Crippen LogP contribution < -0.4 is 10.5 Å². The topological polar surface area (TPSA) is 88.3 Å². The van der Waals surface area contributed by atoms with Crippen LogP contribution >= 0.6 is 12.2 Å². The van der Waals surface area contributed by atoms with Gasteiger partial charge in [-0.2, -0.15) is 0 Å². The number of nitrogens with zero attached hydrogens (tertiary/aromatic N) is 2. The van der Waals surface area contributed by atoms with Crippen LogP contribution in [0.3, 0.4) is 0 Å². The third-order valence-electron chi connectivity index (χ3n) is 2.62. The van der Waals surface area contributed by atoms with Gasteiger partial charge < -0.3 is 10.6 Å². The highest BCUT2D eigenvalue weighted by molar-refractivity contribution is 7.89. The Balaban J connectivity index is 2.69. The van der Waals surface area contributed by atoms with Crippen molar-refractivity contribution in [3.63, 3.8) is 0 Å². The molecule has 0 unspecified atom stereocenters. The molecule has 106 valence electrons. The number of nitrogens with one attached hydrogen (secondary N) is 1. The van der Waals surface area contributed by atoms with E-state index < -0.39 is 10.0 Å². The third-order valence-corrected chi connectivity index (χ3v) is 4.28. The number of hydrogen-bond donors (Lipinski definition) is 2. The van der Waals surface area contributed by atoms with Crippen LogP contribution in [0.5, 0.6) is 0 Å². The zero-order valence-electron chi connectivity index (χ0n) is 11.0. The van der Waals surface area contributed by atoms with E-state index in [0.29, 0.717) is 18.8 Å². The summed E-state index contributed by atoms with van der Waals surface area (Å²) in [6.07, 6.45) is 1.25. The van der Waals surface area contributed by atoms with Crippen molar-refractivity contribution in [2.24, 2.45) is 5.73 Å². The van der Waals surface area contributed by atoms with Crippen LogP contribution in [0.1, 0.15) is 12.6 Å². The summed E-state index contributed by atoms with van der Waals surface area (Å²) in [5, 5.41) is 0. The number of aromatic nitrogens is 1. The average Bonchev–Trinajstić information content (AvgIpc) is 2.38. The maximum absolute atomic E-state index is 11.9. The summed E-state index contributed by atoms with van der Waals surface area (Å²) in [5.41, 5.74) is 5.80. The lowest BCUT2D eigenvalue weighted by molar-refractivity contribution is 0.358. The minimum absolute atomic E-state index is 0.103. The molecule has 0 aliphatic carbocycles. The minimum Gasteiger partial charge on any atom is -0.388 e. The van der Waals surface area contributed by atoms with E-state index in [-0.39, 0.29) is 9.88 Å². The summed E-state index contributed by atoms with van der Waals surface area (Å²) >= 11 is 4.76. The predicted molar refractivity (Wildman–Crippen MR) is 78.5 cm³/mol. The Bertz CT molecular complexity index is 528. The molecule has 8 heteroatoms. The molecular formula is C11H18N4O2S2. The molecule has 0 aromatic carbocycles. The Morgan fingerprint density at radius 2 is 2.21 bits per heavy atom. The Hall–Kier alpha value is -1.09. The number of likely N-dealkylation sites (N-methyl/N-ethyl adjacent to an activating group) is 1. The normalized spacial score (nSPS) is 11.7. The summed E-state index contributed by atoms with van der Waals surface area (Å²) < 4.78 is 26.4. The largest absolute Gasteiger partial charge is 0.388 e. The second kappa shape index (κ2) is 6.90. The van der Waals surface area contributed by atoms with Crippen molar-refractivity contribution in [3.05, 3.63) is 24.0 Å². The van der Waals surface area contributed by atoms with Gasteiger partial charge in [-0.3, -0.25) is 4.98 Å². The van der Waals surface area contributed by atoms with Crippen LogP contribution in [-0.2, 0) is 10.0 Å². The quantitative estimate of drug-likeness (QED) is 0.686. The highest BCUT2D eigenvalue weighted by Crippen LogP contribution is 2.07. The van der Waals surface area contributed by atoms with Crippen LogP contribution in [0.25, 0.3) is 0 Å². The van der Waals surface area contributed by atoms with Crippen LogP contribution in [0.2, 0.25) is 0 Å². The van der Waals surface area contributed by atoms with Crippen LogP contribution in [0.4, 0.5) is 0 Å². The lowest BCUT2D eigenvalue weighted by Gasteiger charge is -2.14. The summed E-state index contributed by atoms with van der Waals surface area (Å²) in [7, 11) is -1.61. The Kier molecular flexibility index (Phi) is 5.80. The molecule has 3 N–H and O–H groups in total. The van der Waals surface area contributed by atoms with Crippen molar-refractivity contribution in [1.82, 2.24) is 14.6 Å². The monoisotopic (exact) mass is 302 g/mol. The predicted octanol–water partition coefficient (Wildman–Crippen LogP) is -0.0542. The lowest BCUT2D eigenvalue weighted by Crippen LogP contribution is -2.33. The standard InChI is InChI=1S/C11H18N4O2S2/c1-3-15(2)7-6-14-19(16,17)9-4-5-10(11(12)18)13-8-9/h4-5,8,14H,3,6-7H2,1-2H3,(H2,12,18). The highest BCUT2D eigenvalue weighted by atomic mass is 32.2. The Labute approximate surface area is 119 Å². The molecule has 0 radical (unpaired) electrons. The van der Waals surface area contributed by atoms with E-state index in [1.165, 1.54) is 18.3 Å². The first-order valence-corrected chi connectivity index (χ1v) is 7.70. The fourth-order valence-corrected chi connectivity index (χ4v) is 2.38. The summed E-state index contributed by atoms with van der Waals surface area (Å²) in [4.78, 5) is 6.16. The van der Waals surface area contributed by atoms with Crippen molar-refractivity contribution in [2.45, 2.75) is 11.8 Å². The van der Waals surface area contributed by atoms with Crippen LogP contribution in [0.15, 0.2) is 23.2 Å². The minimum atomic E-state index is -3.53. The molecule has 0 aliphatic heterocycles. The molecule has 0 amide bonds. The molecule has 0 aliphatic rings. The van der Waals surface area contributed by atoms with Gasteiger partial charge in [0.1, 0.15) is 9.88 Å². The zero-order chi connectivity index (χ0) is 14.5. The second-order valence-corrected chi connectivity index (χ2v) is 6.24. The zero-order valence-corrected chi connectivity index (χ0v) is 12.6. The molecule has 0 bridgehead atoms. The van der Waals surface area contributed by atoms with Gasteiger partial charge in [-0.05, 0) is 25.7 Å². The lowest BCUT2D eigenvalue weighted by atomic mass is 10.3. The molecule has 1 rings (SSSR count). The first-order chi connectivity index (χ1) is 8.86. The number of nitrogens with two attached hydrogens (primary N) is 1. The molecule has 0 spiro atoms. The van der Waals surface area contributed by atoms with Crippen molar-refractivity contribution in [3.8, 4) is 0 Å². The Morgan fingerprint density at radius 1 is 1.53 bits per heavy atom. The van der Waals surface area contributed by atoms with Crippen molar-refractivity contribution in [1.29, 1.82) is 0 Å².